The van der Waals surface area contributed by atoms with Gasteiger partial charge in [-0.2, -0.15) is 0 Å². The summed E-state index contributed by atoms with van der Waals surface area (Å²) in [6.45, 7) is 6.89. The Labute approximate surface area is 107 Å². The third-order valence-electron chi connectivity index (χ3n) is 3.39. The van der Waals surface area contributed by atoms with Gasteiger partial charge in [0.25, 0.3) is 0 Å². The first-order chi connectivity index (χ1) is 8.06. The number of unbranched alkanes of at least 4 members (excludes halogenated alkanes) is 4. The number of aliphatic carboxylic acids is 1. The van der Waals surface area contributed by atoms with Crippen LogP contribution in [0.2, 0.25) is 0 Å². The van der Waals surface area contributed by atoms with Crippen molar-refractivity contribution in [1.82, 2.24) is 0 Å². The highest BCUT2D eigenvalue weighted by Crippen LogP contribution is 2.21. The molecular formula is C15H30O2. The lowest BCUT2D eigenvalue weighted by Gasteiger charge is -2.16. The van der Waals surface area contributed by atoms with Gasteiger partial charge in [-0.25, -0.2) is 0 Å². The zero-order chi connectivity index (χ0) is 13.1. The first-order valence-electron chi connectivity index (χ1n) is 7.28. The molecule has 1 unspecified atom stereocenters. The van der Waals surface area contributed by atoms with Crippen molar-refractivity contribution < 1.29 is 9.90 Å². The zero-order valence-corrected chi connectivity index (χ0v) is 11.9. The van der Waals surface area contributed by atoms with E-state index in [2.05, 4.69) is 20.8 Å². The Bertz CT molecular complexity index is 187. The summed E-state index contributed by atoms with van der Waals surface area (Å²) in [7, 11) is 0. The van der Waals surface area contributed by atoms with Crippen molar-refractivity contribution in [2.45, 2.75) is 78.6 Å². The zero-order valence-electron chi connectivity index (χ0n) is 11.9. The minimum atomic E-state index is -0.659. The third kappa shape index (κ3) is 11.7. The van der Waals surface area contributed by atoms with Gasteiger partial charge in [-0.05, 0) is 24.7 Å². The van der Waals surface area contributed by atoms with Crippen molar-refractivity contribution >= 4 is 5.97 Å². The number of carbonyl (C=O) groups is 1. The molecule has 1 N–H and O–H groups in total. The van der Waals surface area contributed by atoms with Crippen LogP contribution in [0.5, 0.6) is 0 Å². The summed E-state index contributed by atoms with van der Waals surface area (Å²) >= 11 is 0. The fraction of sp³-hybridized carbons (Fsp3) is 0.933. The van der Waals surface area contributed by atoms with Gasteiger partial charge in [0.2, 0.25) is 0 Å². The second-order valence-electron chi connectivity index (χ2n) is 5.60. The van der Waals surface area contributed by atoms with Gasteiger partial charge in [-0.1, -0.05) is 59.3 Å². The molecule has 0 aliphatic heterocycles. The number of hydrogen-bond donors (Lipinski definition) is 1. The van der Waals surface area contributed by atoms with Crippen LogP contribution in [0.3, 0.4) is 0 Å². The molecule has 17 heavy (non-hydrogen) atoms. The molecule has 2 heteroatoms. The number of rotatable bonds is 11. The Morgan fingerprint density at radius 2 is 1.65 bits per heavy atom. The topological polar surface area (TPSA) is 37.3 Å². The van der Waals surface area contributed by atoms with E-state index >= 15 is 0 Å². The average Bonchev–Trinajstić information content (AvgIpc) is 2.25. The summed E-state index contributed by atoms with van der Waals surface area (Å²) < 4.78 is 0. The largest absolute Gasteiger partial charge is 0.481 e. The van der Waals surface area contributed by atoms with Crippen LogP contribution in [-0.4, -0.2) is 11.1 Å². The van der Waals surface area contributed by atoms with Crippen molar-refractivity contribution in [3.8, 4) is 0 Å². The Balaban J connectivity index is 3.33. The fourth-order valence-corrected chi connectivity index (χ4v) is 2.39. The Morgan fingerprint density at radius 3 is 2.18 bits per heavy atom. The summed E-state index contributed by atoms with van der Waals surface area (Å²) in [6, 6.07) is 0. The smallest absolute Gasteiger partial charge is 0.303 e. The molecule has 0 radical (unpaired) electrons. The molecular weight excluding hydrogens is 212 g/mol. The minimum Gasteiger partial charge on any atom is -0.481 e. The molecule has 0 heterocycles. The number of hydrogen-bond acceptors (Lipinski definition) is 1. The van der Waals surface area contributed by atoms with Crippen molar-refractivity contribution in [1.29, 1.82) is 0 Å². The molecule has 0 saturated heterocycles. The van der Waals surface area contributed by atoms with E-state index in [4.69, 9.17) is 5.11 Å². The van der Waals surface area contributed by atoms with Crippen LogP contribution in [0.1, 0.15) is 78.6 Å². The van der Waals surface area contributed by atoms with Crippen LogP contribution in [0.15, 0.2) is 0 Å². The van der Waals surface area contributed by atoms with Crippen LogP contribution in [0, 0.1) is 11.8 Å². The average molecular weight is 242 g/mol. The summed E-state index contributed by atoms with van der Waals surface area (Å²) in [6.07, 6.45) is 10.1. The van der Waals surface area contributed by atoms with E-state index in [0.29, 0.717) is 6.42 Å². The summed E-state index contributed by atoms with van der Waals surface area (Å²) in [5.41, 5.74) is 0. The SMILES string of the molecule is CCC(CCCCCCCC(=O)O)CC(C)C. The first kappa shape index (κ1) is 16.5. The predicted octanol–water partition coefficient (Wildman–Crippen LogP) is 4.87. The van der Waals surface area contributed by atoms with Gasteiger partial charge in [0.1, 0.15) is 0 Å². The van der Waals surface area contributed by atoms with Crippen LogP contribution in [0.4, 0.5) is 0 Å². The highest BCUT2D eigenvalue weighted by molar-refractivity contribution is 5.66. The van der Waals surface area contributed by atoms with Crippen molar-refractivity contribution in [2.75, 3.05) is 0 Å². The Hall–Kier alpha value is -0.530. The van der Waals surface area contributed by atoms with Gasteiger partial charge >= 0.3 is 5.97 Å². The molecule has 0 spiro atoms. The van der Waals surface area contributed by atoms with Gasteiger partial charge in [0, 0.05) is 6.42 Å². The Morgan fingerprint density at radius 1 is 1.06 bits per heavy atom. The monoisotopic (exact) mass is 242 g/mol. The fourth-order valence-electron chi connectivity index (χ4n) is 2.39. The maximum Gasteiger partial charge on any atom is 0.303 e. The Kier molecular flexibility index (Phi) is 10.3. The van der Waals surface area contributed by atoms with E-state index in [-0.39, 0.29) is 0 Å². The number of carboxylic acids is 1. The van der Waals surface area contributed by atoms with Gasteiger partial charge in [-0.15, -0.1) is 0 Å². The molecule has 0 aromatic heterocycles. The van der Waals surface area contributed by atoms with Gasteiger partial charge in [0.15, 0.2) is 0 Å². The minimum absolute atomic E-state index is 0.338. The van der Waals surface area contributed by atoms with Crippen LogP contribution < -0.4 is 0 Å². The molecule has 102 valence electrons. The molecule has 0 amide bonds. The van der Waals surface area contributed by atoms with E-state index in [1.165, 1.54) is 38.5 Å². The third-order valence-corrected chi connectivity index (χ3v) is 3.39. The summed E-state index contributed by atoms with van der Waals surface area (Å²) in [4.78, 5) is 10.3. The van der Waals surface area contributed by atoms with E-state index in [9.17, 15) is 4.79 Å². The quantitative estimate of drug-likeness (QED) is 0.525. The van der Waals surface area contributed by atoms with Crippen LogP contribution in [0.25, 0.3) is 0 Å². The normalized spacial score (nSPS) is 12.9. The van der Waals surface area contributed by atoms with Crippen molar-refractivity contribution in [2.24, 2.45) is 11.8 Å². The van der Waals surface area contributed by atoms with Crippen LogP contribution in [-0.2, 0) is 4.79 Å². The summed E-state index contributed by atoms with van der Waals surface area (Å²) in [5, 5.41) is 8.50. The van der Waals surface area contributed by atoms with Gasteiger partial charge in [-0.3, -0.25) is 4.79 Å². The van der Waals surface area contributed by atoms with E-state index in [1.807, 2.05) is 0 Å². The molecule has 0 saturated carbocycles. The van der Waals surface area contributed by atoms with Crippen molar-refractivity contribution in [3.63, 3.8) is 0 Å². The van der Waals surface area contributed by atoms with E-state index in [0.717, 1.165) is 24.7 Å². The van der Waals surface area contributed by atoms with Gasteiger partial charge < -0.3 is 5.11 Å². The predicted molar refractivity (Wildman–Crippen MR) is 73.2 cm³/mol. The first-order valence-corrected chi connectivity index (χ1v) is 7.28. The second-order valence-corrected chi connectivity index (χ2v) is 5.60. The molecule has 1 atom stereocenters. The standard InChI is InChI=1S/C15H30O2/c1-4-14(12-13(2)3)10-8-6-5-7-9-11-15(16)17/h13-14H,4-12H2,1-3H3,(H,16,17). The second kappa shape index (κ2) is 10.6. The van der Waals surface area contributed by atoms with Crippen molar-refractivity contribution in [3.05, 3.63) is 0 Å². The maximum atomic E-state index is 10.3. The molecule has 0 bridgehead atoms. The molecule has 0 rings (SSSR count). The lowest BCUT2D eigenvalue weighted by Crippen LogP contribution is -2.03. The molecule has 0 aromatic carbocycles. The molecule has 2 nitrogen and oxygen atoms in total. The molecule has 0 aliphatic carbocycles. The molecule has 0 aromatic rings. The van der Waals surface area contributed by atoms with Crippen LogP contribution >= 0.6 is 0 Å². The molecule has 0 aliphatic rings. The maximum absolute atomic E-state index is 10.3. The van der Waals surface area contributed by atoms with E-state index in [1.54, 1.807) is 0 Å². The van der Waals surface area contributed by atoms with Gasteiger partial charge in [0.05, 0.1) is 0 Å². The van der Waals surface area contributed by atoms with E-state index < -0.39 is 5.97 Å². The highest BCUT2D eigenvalue weighted by Gasteiger charge is 2.08. The summed E-state index contributed by atoms with van der Waals surface area (Å²) in [5.74, 6) is 1.05. The molecule has 0 fully saturated rings. The highest BCUT2D eigenvalue weighted by atomic mass is 16.4. The lowest BCUT2D eigenvalue weighted by atomic mass is 9.90. The number of carboxylic acid groups (broad SMARTS) is 1. The lowest BCUT2D eigenvalue weighted by molar-refractivity contribution is -0.137.